The highest BCUT2D eigenvalue weighted by Gasteiger charge is 2.41. The van der Waals surface area contributed by atoms with Crippen LogP contribution in [0.1, 0.15) is 42.2 Å². The van der Waals surface area contributed by atoms with Gasteiger partial charge in [0.15, 0.2) is 0 Å². The zero-order chi connectivity index (χ0) is 10.9. The number of hydrogen-bond acceptors (Lipinski definition) is 3. The molecule has 0 aromatic carbocycles. The molecular weight excluding hydrogens is 208 g/mol. The van der Waals surface area contributed by atoms with Crippen LogP contribution in [0, 0.1) is 6.92 Å². The third-order valence-electron chi connectivity index (χ3n) is 3.42. The molecule has 1 atom stereocenters. The van der Waals surface area contributed by atoms with Crippen molar-refractivity contribution in [3.05, 3.63) is 21.9 Å². The summed E-state index contributed by atoms with van der Waals surface area (Å²) >= 11 is 1.69. The van der Waals surface area contributed by atoms with E-state index < -0.39 is 6.10 Å². The molecule has 0 amide bonds. The topological polar surface area (TPSA) is 29.5 Å². The number of methoxy groups -OCH3 is 1. The number of thiophene rings is 1. The Bertz CT molecular complexity index is 326. The quantitative estimate of drug-likeness (QED) is 0.858. The summed E-state index contributed by atoms with van der Waals surface area (Å²) in [5.41, 5.74) is 0.689. The fourth-order valence-corrected chi connectivity index (χ4v) is 3.20. The molecular formula is C12H18O2S. The van der Waals surface area contributed by atoms with Crippen LogP contribution in [0.4, 0.5) is 0 Å². The SMILES string of the molecule is COC1(C(O)c2csc(C)c2)CCCC1. The summed E-state index contributed by atoms with van der Waals surface area (Å²) in [7, 11) is 1.72. The predicted octanol–water partition coefficient (Wildman–Crippen LogP) is 3.05. The highest BCUT2D eigenvalue weighted by atomic mass is 32.1. The Kier molecular flexibility index (Phi) is 3.14. The highest BCUT2D eigenvalue weighted by molar-refractivity contribution is 7.10. The summed E-state index contributed by atoms with van der Waals surface area (Å²) in [6.45, 7) is 2.06. The molecule has 1 heterocycles. The van der Waals surface area contributed by atoms with Crippen LogP contribution in [0.5, 0.6) is 0 Å². The Labute approximate surface area is 94.9 Å². The van der Waals surface area contributed by atoms with Gasteiger partial charge in [-0.25, -0.2) is 0 Å². The first-order chi connectivity index (χ1) is 7.18. The summed E-state index contributed by atoms with van der Waals surface area (Å²) in [4.78, 5) is 1.24. The molecule has 15 heavy (non-hydrogen) atoms. The summed E-state index contributed by atoms with van der Waals surface area (Å²) in [5, 5.41) is 12.4. The molecule has 84 valence electrons. The average molecular weight is 226 g/mol. The first kappa shape index (κ1) is 11.1. The van der Waals surface area contributed by atoms with Gasteiger partial charge in [0.25, 0.3) is 0 Å². The minimum atomic E-state index is -0.463. The molecule has 1 aromatic rings. The van der Waals surface area contributed by atoms with Crippen LogP contribution in [0.3, 0.4) is 0 Å². The second kappa shape index (κ2) is 4.24. The molecule has 1 aromatic heterocycles. The van der Waals surface area contributed by atoms with E-state index in [2.05, 4.69) is 13.0 Å². The fourth-order valence-electron chi connectivity index (χ4n) is 2.47. The van der Waals surface area contributed by atoms with Gasteiger partial charge in [0.05, 0.1) is 5.60 Å². The Morgan fingerprint density at radius 3 is 2.60 bits per heavy atom. The minimum absolute atomic E-state index is 0.326. The Morgan fingerprint density at radius 2 is 2.13 bits per heavy atom. The Hall–Kier alpha value is -0.380. The van der Waals surface area contributed by atoms with Crippen LogP contribution >= 0.6 is 11.3 Å². The lowest BCUT2D eigenvalue weighted by atomic mass is 9.90. The summed E-state index contributed by atoms with van der Waals surface area (Å²) < 4.78 is 5.58. The van der Waals surface area contributed by atoms with Gasteiger partial charge in [0, 0.05) is 12.0 Å². The third kappa shape index (κ3) is 1.96. The zero-order valence-corrected chi connectivity index (χ0v) is 10.1. The van der Waals surface area contributed by atoms with Gasteiger partial charge in [0.2, 0.25) is 0 Å². The van der Waals surface area contributed by atoms with Gasteiger partial charge < -0.3 is 9.84 Å². The van der Waals surface area contributed by atoms with Gasteiger partial charge in [-0.05, 0) is 36.8 Å². The lowest BCUT2D eigenvalue weighted by Gasteiger charge is -2.32. The smallest absolute Gasteiger partial charge is 0.109 e. The molecule has 0 bridgehead atoms. The summed E-state index contributed by atoms with van der Waals surface area (Å²) in [6.07, 6.45) is 3.80. The van der Waals surface area contributed by atoms with E-state index >= 15 is 0 Å². The maximum atomic E-state index is 10.4. The zero-order valence-electron chi connectivity index (χ0n) is 9.32. The van der Waals surface area contributed by atoms with Crippen LogP contribution in [-0.4, -0.2) is 17.8 Å². The van der Waals surface area contributed by atoms with E-state index in [-0.39, 0.29) is 5.60 Å². The lowest BCUT2D eigenvalue weighted by Crippen LogP contribution is -2.35. The maximum absolute atomic E-state index is 10.4. The number of ether oxygens (including phenoxy) is 1. The van der Waals surface area contributed by atoms with Crippen molar-refractivity contribution in [2.45, 2.75) is 44.3 Å². The number of aliphatic hydroxyl groups excluding tert-OH is 1. The van der Waals surface area contributed by atoms with E-state index in [0.29, 0.717) is 0 Å². The van der Waals surface area contributed by atoms with E-state index in [4.69, 9.17) is 4.74 Å². The molecule has 2 nitrogen and oxygen atoms in total. The normalized spacial score (nSPS) is 21.8. The highest BCUT2D eigenvalue weighted by Crippen LogP contribution is 2.43. The molecule has 1 aliphatic rings. The van der Waals surface area contributed by atoms with Gasteiger partial charge >= 0.3 is 0 Å². The van der Waals surface area contributed by atoms with Gasteiger partial charge in [-0.3, -0.25) is 0 Å². The number of aryl methyl sites for hydroxylation is 1. The fraction of sp³-hybridized carbons (Fsp3) is 0.667. The van der Waals surface area contributed by atoms with Crippen molar-refractivity contribution in [3.8, 4) is 0 Å². The number of aliphatic hydroxyl groups is 1. The second-order valence-corrected chi connectivity index (χ2v) is 5.48. The Balaban J connectivity index is 2.21. The van der Waals surface area contributed by atoms with E-state index in [1.54, 1.807) is 18.4 Å². The van der Waals surface area contributed by atoms with E-state index in [1.807, 2.05) is 5.38 Å². The van der Waals surface area contributed by atoms with E-state index in [0.717, 1.165) is 31.2 Å². The third-order valence-corrected chi connectivity index (χ3v) is 4.30. The molecule has 2 rings (SSSR count). The summed E-state index contributed by atoms with van der Waals surface area (Å²) in [5.74, 6) is 0. The molecule has 0 spiro atoms. The average Bonchev–Trinajstić information content (AvgIpc) is 2.86. The molecule has 3 heteroatoms. The molecule has 1 N–H and O–H groups in total. The van der Waals surface area contributed by atoms with Crippen LogP contribution in [0.15, 0.2) is 11.4 Å². The van der Waals surface area contributed by atoms with Crippen LogP contribution in [0.2, 0.25) is 0 Å². The van der Waals surface area contributed by atoms with Crippen molar-refractivity contribution in [1.82, 2.24) is 0 Å². The van der Waals surface area contributed by atoms with Crippen LogP contribution < -0.4 is 0 Å². The van der Waals surface area contributed by atoms with E-state index in [9.17, 15) is 5.11 Å². The van der Waals surface area contributed by atoms with Gasteiger partial charge in [-0.1, -0.05) is 12.8 Å². The molecule has 0 saturated heterocycles. The van der Waals surface area contributed by atoms with Gasteiger partial charge in [0.1, 0.15) is 6.10 Å². The first-order valence-electron chi connectivity index (χ1n) is 5.46. The van der Waals surface area contributed by atoms with Crippen molar-refractivity contribution in [2.24, 2.45) is 0 Å². The monoisotopic (exact) mass is 226 g/mol. The first-order valence-corrected chi connectivity index (χ1v) is 6.34. The van der Waals surface area contributed by atoms with Crippen molar-refractivity contribution in [2.75, 3.05) is 7.11 Å². The van der Waals surface area contributed by atoms with Crippen molar-refractivity contribution in [1.29, 1.82) is 0 Å². The lowest BCUT2D eigenvalue weighted by molar-refractivity contribution is -0.0999. The van der Waals surface area contributed by atoms with Crippen LogP contribution in [-0.2, 0) is 4.74 Å². The largest absolute Gasteiger partial charge is 0.385 e. The standard InChI is InChI=1S/C12H18O2S/c1-9-7-10(8-15-9)11(13)12(14-2)5-3-4-6-12/h7-8,11,13H,3-6H2,1-2H3. The second-order valence-electron chi connectivity index (χ2n) is 4.37. The van der Waals surface area contributed by atoms with Crippen molar-refractivity contribution < 1.29 is 9.84 Å². The Morgan fingerprint density at radius 1 is 1.47 bits per heavy atom. The molecule has 1 unspecified atom stereocenters. The molecule has 0 aliphatic heterocycles. The van der Waals surface area contributed by atoms with Crippen LogP contribution in [0.25, 0.3) is 0 Å². The molecule has 1 saturated carbocycles. The summed E-state index contributed by atoms with van der Waals surface area (Å²) in [6, 6.07) is 2.06. The van der Waals surface area contributed by atoms with Gasteiger partial charge in [-0.15, -0.1) is 11.3 Å². The van der Waals surface area contributed by atoms with E-state index in [1.165, 1.54) is 4.88 Å². The number of hydrogen-bond donors (Lipinski definition) is 1. The molecule has 0 radical (unpaired) electrons. The van der Waals surface area contributed by atoms with Crippen molar-refractivity contribution in [3.63, 3.8) is 0 Å². The van der Waals surface area contributed by atoms with Crippen molar-refractivity contribution >= 4 is 11.3 Å². The number of rotatable bonds is 3. The molecule has 1 fully saturated rings. The molecule has 1 aliphatic carbocycles. The minimum Gasteiger partial charge on any atom is -0.385 e. The maximum Gasteiger partial charge on any atom is 0.109 e. The predicted molar refractivity (Wildman–Crippen MR) is 62.2 cm³/mol. The van der Waals surface area contributed by atoms with Gasteiger partial charge in [-0.2, -0.15) is 0 Å².